The van der Waals surface area contributed by atoms with E-state index in [-0.39, 0.29) is 36.0 Å². The summed E-state index contributed by atoms with van der Waals surface area (Å²) >= 11 is 0. The zero-order valence-electron chi connectivity index (χ0n) is 20.2. The minimum atomic E-state index is -2.63. The Kier molecular flexibility index (Phi) is 6.07. The number of nitrogens with two attached hydrogens (primary N) is 1. The summed E-state index contributed by atoms with van der Waals surface area (Å²) < 4.78 is 0. The predicted molar refractivity (Wildman–Crippen MR) is 128 cm³/mol. The molecule has 0 heterocycles. The summed E-state index contributed by atoms with van der Waals surface area (Å²) in [4.78, 5) is 53.0. The Morgan fingerprint density at radius 1 is 1.19 bits per heavy atom. The van der Waals surface area contributed by atoms with Crippen molar-refractivity contribution < 1.29 is 39.6 Å². The molecule has 0 bridgehead atoms. The zero-order valence-corrected chi connectivity index (χ0v) is 20.2. The van der Waals surface area contributed by atoms with Crippen molar-refractivity contribution >= 4 is 29.1 Å². The molecule has 11 nitrogen and oxygen atoms in total. The van der Waals surface area contributed by atoms with Gasteiger partial charge in [-0.15, -0.1) is 0 Å². The zero-order chi connectivity index (χ0) is 26.7. The molecule has 36 heavy (non-hydrogen) atoms. The van der Waals surface area contributed by atoms with Gasteiger partial charge in [0.15, 0.2) is 11.4 Å². The van der Waals surface area contributed by atoms with Gasteiger partial charge in [-0.3, -0.25) is 19.2 Å². The van der Waals surface area contributed by atoms with Crippen LogP contribution in [-0.4, -0.2) is 70.0 Å². The molecule has 11 heteroatoms. The van der Waals surface area contributed by atoms with E-state index in [0.717, 1.165) is 0 Å². The third kappa shape index (κ3) is 3.45. The minimum absolute atomic E-state index is 0.0370. The van der Waals surface area contributed by atoms with E-state index in [9.17, 15) is 39.6 Å². The van der Waals surface area contributed by atoms with Crippen LogP contribution in [0.3, 0.4) is 0 Å². The Morgan fingerprint density at radius 2 is 1.86 bits per heavy atom. The summed E-state index contributed by atoms with van der Waals surface area (Å²) in [5, 5.41) is 46.4. The van der Waals surface area contributed by atoms with Crippen LogP contribution in [-0.2, 0) is 16.0 Å². The van der Waals surface area contributed by atoms with Crippen LogP contribution in [0.5, 0.6) is 5.75 Å². The molecule has 0 aromatic heterocycles. The van der Waals surface area contributed by atoms with E-state index in [0.29, 0.717) is 24.2 Å². The SMILES string of the molecule is CCCNC(=O)c1cc(N(C)C)c2c(c1O)C(=O)C1=C(O)[C@]3(O)C(=O)C(C(N)=O)=C(O)C[C@@H]3C[C@@H]1C2. The normalized spacial score (nSPS) is 25.2. The van der Waals surface area contributed by atoms with Gasteiger partial charge in [-0.25, -0.2) is 0 Å². The molecule has 0 unspecified atom stereocenters. The number of nitrogens with one attached hydrogen (secondary N) is 1. The second kappa shape index (κ2) is 8.66. The Bertz CT molecular complexity index is 1280. The van der Waals surface area contributed by atoms with Crippen LogP contribution in [0.4, 0.5) is 5.69 Å². The van der Waals surface area contributed by atoms with Gasteiger partial charge in [0.25, 0.3) is 11.8 Å². The quantitative estimate of drug-likeness (QED) is 0.318. The van der Waals surface area contributed by atoms with Gasteiger partial charge in [0.1, 0.15) is 22.8 Å². The molecule has 192 valence electrons. The van der Waals surface area contributed by atoms with E-state index >= 15 is 0 Å². The highest BCUT2D eigenvalue weighted by atomic mass is 16.3. The number of nitrogens with zero attached hydrogens (tertiary/aromatic N) is 1. The smallest absolute Gasteiger partial charge is 0.255 e. The summed E-state index contributed by atoms with van der Waals surface area (Å²) in [7, 11) is 3.45. The van der Waals surface area contributed by atoms with Gasteiger partial charge in [-0.2, -0.15) is 0 Å². The highest BCUT2D eigenvalue weighted by Crippen LogP contribution is 2.52. The van der Waals surface area contributed by atoms with Crippen LogP contribution in [0.2, 0.25) is 0 Å². The first-order valence-electron chi connectivity index (χ1n) is 11.7. The Hall–Kier alpha value is -3.86. The minimum Gasteiger partial charge on any atom is -0.511 e. The lowest BCUT2D eigenvalue weighted by atomic mass is 9.60. The molecule has 0 spiro atoms. The van der Waals surface area contributed by atoms with Gasteiger partial charge >= 0.3 is 0 Å². The first-order valence-corrected chi connectivity index (χ1v) is 11.7. The lowest BCUT2D eigenvalue weighted by Crippen LogP contribution is -2.57. The number of amides is 2. The lowest BCUT2D eigenvalue weighted by Gasteiger charge is -2.45. The van der Waals surface area contributed by atoms with Crippen LogP contribution in [0.15, 0.2) is 28.7 Å². The van der Waals surface area contributed by atoms with Crippen molar-refractivity contribution in [3.05, 3.63) is 45.4 Å². The van der Waals surface area contributed by atoms with Gasteiger partial charge in [0, 0.05) is 44.2 Å². The standard InChI is InChI=1S/C25H29N3O8/c1-4-5-27-24(35)13-9-14(28(2)3)12-7-10-6-11-8-15(29)18(23(26)34)22(33)25(11,36)21(32)16(10)20(31)17(12)19(13)30/h9-11,29-30,32,36H,4-8H2,1-3H3,(H2,26,34)(H,27,35)/t10-,11+,25+/m1/s1. The Morgan fingerprint density at radius 3 is 2.44 bits per heavy atom. The largest absolute Gasteiger partial charge is 0.511 e. The number of Topliss-reactive ketones (excluding diaryl/α,β-unsaturated/α-hetero) is 2. The number of ketones is 2. The average Bonchev–Trinajstić information content (AvgIpc) is 2.79. The van der Waals surface area contributed by atoms with Crippen molar-refractivity contribution in [3.8, 4) is 5.75 Å². The van der Waals surface area contributed by atoms with Gasteiger partial charge in [-0.1, -0.05) is 6.92 Å². The fourth-order valence-electron chi connectivity index (χ4n) is 5.57. The fourth-order valence-corrected chi connectivity index (χ4v) is 5.57. The van der Waals surface area contributed by atoms with Crippen LogP contribution >= 0.6 is 0 Å². The van der Waals surface area contributed by atoms with Gasteiger partial charge in [0.05, 0.1) is 11.1 Å². The molecule has 1 aromatic carbocycles. The number of aliphatic hydroxyl groups excluding tert-OH is 2. The van der Waals surface area contributed by atoms with E-state index in [4.69, 9.17) is 5.73 Å². The highest BCUT2D eigenvalue weighted by Gasteiger charge is 2.59. The highest BCUT2D eigenvalue weighted by molar-refractivity contribution is 6.24. The van der Waals surface area contributed by atoms with Crippen molar-refractivity contribution in [3.63, 3.8) is 0 Å². The van der Waals surface area contributed by atoms with E-state index in [1.165, 1.54) is 6.07 Å². The summed E-state index contributed by atoms with van der Waals surface area (Å²) in [6.07, 6.45) is 0.559. The molecule has 0 aliphatic heterocycles. The van der Waals surface area contributed by atoms with Crippen molar-refractivity contribution in [2.45, 2.75) is 38.2 Å². The number of anilines is 1. The van der Waals surface area contributed by atoms with Gasteiger partial charge in [-0.05, 0) is 36.8 Å². The maximum atomic E-state index is 13.7. The number of aromatic hydroxyl groups is 1. The molecule has 3 aliphatic carbocycles. The third-order valence-corrected chi connectivity index (χ3v) is 7.30. The van der Waals surface area contributed by atoms with E-state index < -0.39 is 63.7 Å². The fraction of sp³-hybridized carbons (Fsp3) is 0.440. The topological polar surface area (TPSA) is 190 Å². The molecular formula is C25H29N3O8. The van der Waals surface area contributed by atoms with Crippen molar-refractivity contribution in [2.24, 2.45) is 17.6 Å². The number of carbonyl (C=O) groups excluding carboxylic acids is 4. The second-order valence-corrected chi connectivity index (χ2v) is 9.71. The molecule has 1 aromatic rings. The van der Waals surface area contributed by atoms with Crippen molar-refractivity contribution in [1.82, 2.24) is 5.32 Å². The number of phenolic OH excluding ortho intramolecular Hbond substituents is 1. The molecule has 2 amide bonds. The molecule has 3 atom stereocenters. The second-order valence-electron chi connectivity index (χ2n) is 9.71. The number of phenols is 1. The number of benzene rings is 1. The Labute approximate surface area is 206 Å². The summed E-state index contributed by atoms with van der Waals surface area (Å²) in [5.41, 5.74) is 2.15. The molecule has 0 radical (unpaired) electrons. The molecule has 3 aliphatic rings. The monoisotopic (exact) mass is 499 g/mol. The van der Waals surface area contributed by atoms with E-state index in [2.05, 4.69) is 5.32 Å². The summed E-state index contributed by atoms with van der Waals surface area (Å²) in [5.74, 6) is -7.67. The van der Waals surface area contributed by atoms with E-state index in [1.807, 2.05) is 6.92 Å². The van der Waals surface area contributed by atoms with Gasteiger partial charge < -0.3 is 36.4 Å². The van der Waals surface area contributed by atoms with Gasteiger partial charge in [0.2, 0.25) is 5.78 Å². The predicted octanol–water partition coefficient (Wildman–Crippen LogP) is 0.786. The first-order chi connectivity index (χ1) is 16.9. The van der Waals surface area contributed by atoms with Crippen LogP contribution < -0.4 is 16.0 Å². The molecule has 7 N–H and O–H groups in total. The number of fused-ring (bicyclic) bond motifs is 3. The number of hydrogen-bond donors (Lipinski definition) is 6. The third-order valence-electron chi connectivity index (χ3n) is 7.30. The Balaban J connectivity index is 1.91. The lowest BCUT2D eigenvalue weighted by molar-refractivity contribution is -0.144. The number of carbonyl (C=O) groups is 4. The molecular weight excluding hydrogens is 470 g/mol. The number of hydrogen-bond acceptors (Lipinski definition) is 9. The first kappa shape index (κ1) is 25.2. The summed E-state index contributed by atoms with van der Waals surface area (Å²) in [6.45, 7) is 2.22. The average molecular weight is 500 g/mol. The number of primary amides is 1. The van der Waals surface area contributed by atoms with Crippen molar-refractivity contribution in [2.75, 3.05) is 25.5 Å². The summed E-state index contributed by atoms with van der Waals surface area (Å²) in [6, 6.07) is 1.50. The number of aliphatic hydroxyl groups is 3. The van der Waals surface area contributed by atoms with Crippen molar-refractivity contribution in [1.29, 1.82) is 0 Å². The molecule has 0 saturated carbocycles. The van der Waals surface area contributed by atoms with Crippen LogP contribution in [0, 0.1) is 11.8 Å². The molecule has 4 rings (SSSR count). The molecule has 0 saturated heterocycles. The van der Waals surface area contributed by atoms with Crippen LogP contribution in [0.1, 0.15) is 52.5 Å². The van der Waals surface area contributed by atoms with E-state index in [1.54, 1.807) is 19.0 Å². The number of allylic oxidation sites excluding steroid dienone is 2. The maximum absolute atomic E-state index is 13.7. The van der Waals surface area contributed by atoms with Crippen LogP contribution in [0.25, 0.3) is 0 Å². The number of rotatable bonds is 5. The molecule has 0 fully saturated rings. The maximum Gasteiger partial charge on any atom is 0.255 e.